The predicted molar refractivity (Wildman–Crippen MR) is 126 cm³/mol. The third-order valence-electron chi connectivity index (χ3n) is 3.93. The molecule has 2 aromatic rings. The molecule has 2 aromatic carbocycles. The SMILES string of the molecule is CCOCCOc1cccc(C(=O)NC(=S)Nc2ccccc2C(=O)NC(C)(C)C)c1. The minimum absolute atomic E-state index is 0.0867. The average molecular weight is 444 g/mol. The summed E-state index contributed by atoms with van der Waals surface area (Å²) in [5.41, 5.74) is 0.951. The highest BCUT2D eigenvalue weighted by Crippen LogP contribution is 2.17. The first kappa shape index (κ1) is 24.3. The Balaban J connectivity index is 2.00. The largest absolute Gasteiger partial charge is 0.491 e. The predicted octanol–water partition coefficient (Wildman–Crippen LogP) is 3.76. The van der Waals surface area contributed by atoms with Crippen LogP contribution < -0.4 is 20.7 Å². The maximum absolute atomic E-state index is 12.6. The van der Waals surface area contributed by atoms with Crippen molar-refractivity contribution in [1.29, 1.82) is 0 Å². The fourth-order valence-electron chi connectivity index (χ4n) is 2.62. The van der Waals surface area contributed by atoms with Gasteiger partial charge in [-0.15, -0.1) is 0 Å². The van der Waals surface area contributed by atoms with Crippen molar-refractivity contribution in [3.8, 4) is 5.75 Å². The fourth-order valence-corrected chi connectivity index (χ4v) is 2.82. The number of nitrogens with one attached hydrogen (secondary N) is 3. The molecule has 0 aliphatic rings. The first-order valence-electron chi connectivity index (χ1n) is 10.0. The number of hydrogen-bond donors (Lipinski definition) is 3. The van der Waals surface area contributed by atoms with Gasteiger partial charge in [0.25, 0.3) is 11.8 Å². The molecule has 0 aromatic heterocycles. The van der Waals surface area contributed by atoms with E-state index in [1.54, 1.807) is 48.5 Å². The number of carbonyl (C=O) groups is 2. The van der Waals surface area contributed by atoms with E-state index in [-0.39, 0.29) is 22.5 Å². The van der Waals surface area contributed by atoms with Crippen molar-refractivity contribution in [3.05, 3.63) is 59.7 Å². The van der Waals surface area contributed by atoms with Crippen LogP contribution >= 0.6 is 12.2 Å². The molecule has 0 saturated carbocycles. The van der Waals surface area contributed by atoms with Gasteiger partial charge in [0.1, 0.15) is 12.4 Å². The summed E-state index contributed by atoms with van der Waals surface area (Å²) >= 11 is 5.28. The van der Waals surface area contributed by atoms with E-state index in [1.807, 2.05) is 27.7 Å². The smallest absolute Gasteiger partial charge is 0.257 e. The molecule has 8 heteroatoms. The van der Waals surface area contributed by atoms with Crippen LogP contribution in [-0.2, 0) is 4.74 Å². The van der Waals surface area contributed by atoms with Gasteiger partial charge in [-0.3, -0.25) is 14.9 Å². The number of thiocarbonyl (C=S) groups is 1. The van der Waals surface area contributed by atoms with Gasteiger partial charge in [-0.25, -0.2) is 0 Å². The Kier molecular flexibility index (Phi) is 8.96. The number of benzene rings is 2. The van der Waals surface area contributed by atoms with Crippen molar-refractivity contribution >= 4 is 34.8 Å². The monoisotopic (exact) mass is 443 g/mol. The summed E-state index contributed by atoms with van der Waals surface area (Å²) in [6.07, 6.45) is 0. The standard InChI is InChI=1S/C23H29N3O4S/c1-5-29-13-14-30-17-10-8-9-16(15-17)20(27)25-22(31)24-19-12-7-6-11-18(19)21(28)26-23(2,3)4/h6-12,15H,5,13-14H2,1-4H3,(H,26,28)(H2,24,25,27,31). The van der Waals surface area contributed by atoms with Gasteiger partial charge in [-0.05, 0) is 70.2 Å². The molecule has 166 valence electrons. The van der Waals surface area contributed by atoms with Crippen molar-refractivity contribution < 1.29 is 19.1 Å². The van der Waals surface area contributed by atoms with Crippen LogP contribution in [0.1, 0.15) is 48.4 Å². The lowest BCUT2D eigenvalue weighted by atomic mass is 10.1. The number of amides is 2. The van der Waals surface area contributed by atoms with E-state index in [0.717, 1.165) is 0 Å². The highest BCUT2D eigenvalue weighted by Gasteiger charge is 2.18. The second kappa shape index (κ2) is 11.4. The number of ether oxygens (including phenoxy) is 2. The Morgan fingerprint density at radius 1 is 1.00 bits per heavy atom. The van der Waals surface area contributed by atoms with Crippen LogP contribution in [0.5, 0.6) is 5.75 Å². The molecule has 0 bridgehead atoms. The second-order valence-electron chi connectivity index (χ2n) is 7.73. The molecular weight excluding hydrogens is 414 g/mol. The Morgan fingerprint density at radius 3 is 2.45 bits per heavy atom. The van der Waals surface area contributed by atoms with Crippen molar-refractivity contribution in [1.82, 2.24) is 10.6 Å². The molecule has 0 aliphatic carbocycles. The third kappa shape index (κ3) is 8.35. The van der Waals surface area contributed by atoms with Gasteiger partial charge in [0.2, 0.25) is 0 Å². The van der Waals surface area contributed by atoms with E-state index < -0.39 is 0 Å². The number of carbonyl (C=O) groups excluding carboxylic acids is 2. The summed E-state index contributed by atoms with van der Waals surface area (Å²) in [7, 11) is 0. The van der Waals surface area contributed by atoms with Crippen molar-refractivity contribution in [2.24, 2.45) is 0 Å². The molecule has 2 rings (SSSR count). The van der Waals surface area contributed by atoms with E-state index in [2.05, 4.69) is 16.0 Å². The maximum atomic E-state index is 12.6. The number of hydrogen-bond acceptors (Lipinski definition) is 5. The van der Waals surface area contributed by atoms with Crippen LogP contribution in [0, 0.1) is 0 Å². The molecule has 0 atom stereocenters. The van der Waals surface area contributed by atoms with E-state index >= 15 is 0 Å². The Labute approximate surface area is 188 Å². The molecule has 0 heterocycles. The topological polar surface area (TPSA) is 88.7 Å². The van der Waals surface area contributed by atoms with Gasteiger partial charge in [0, 0.05) is 17.7 Å². The zero-order chi connectivity index (χ0) is 22.9. The lowest BCUT2D eigenvalue weighted by Crippen LogP contribution is -2.41. The van der Waals surface area contributed by atoms with Gasteiger partial charge in [-0.1, -0.05) is 18.2 Å². The number of rotatable bonds is 8. The average Bonchev–Trinajstić information content (AvgIpc) is 2.70. The molecule has 0 aliphatic heterocycles. The summed E-state index contributed by atoms with van der Waals surface area (Å²) in [6, 6.07) is 13.8. The van der Waals surface area contributed by atoms with E-state index in [0.29, 0.717) is 42.4 Å². The highest BCUT2D eigenvalue weighted by molar-refractivity contribution is 7.80. The van der Waals surface area contributed by atoms with Gasteiger partial charge in [0.05, 0.1) is 17.9 Å². The van der Waals surface area contributed by atoms with E-state index in [4.69, 9.17) is 21.7 Å². The van der Waals surface area contributed by atoms with E-state index in [1.165, 1.54) is 0 Å². The number of anilines is 1. The van der Waals surface area contributed by atoms with Crippen molar-refractivity contribution in [2.45, 2.75) is 33.2 Å². The van der Waals surface area contributed by atoms with Gasteiger partial charge >= 0.3 is 0 Å². The minimum atomic E-state index is -0.385. The zero-order valence-corrected chi connectivity index (χ0v) is 19.1. The normalized spacial score (nSPS) is 10.8. The second-order valence-corrected chi connectivity index (χ2v) is 8.14. The molecule has 2 amide bonds. The minimum Gasteiger partial charge on any atom is -0.491 e. The van der Waals surface area contributed by atoms with Crippen LogP contribution in [0.4, 0.5) is 5.69 Å². The number of para-hydroxylation sites is 1. The molecule has 31 heavy (non-hydrogen) atoms. The molecule has 0 fully saturated rings. The molecule has 0 radical (unpaired) electrons. The molecule has 0 unspecified atom stereocenters. The van der Waals surface area contributed by atoms with Crippen LogP contribution in [0.25, 0.3) is 0 Å². The van der Waals surface area contributed by atoms with Crippen LogP contribution in [0.2, 0.25) is 0 Å². The Morgan fingerprint density at radius 2 is 1.74 bits per heavy atom. The van der Waals surface area contributed by atoms with Crippen LogP contribution in [-0.4, -0.2) is 42.3 Å². The van der Waals surface area contributed by atoms with Crippen molar-refractivity contribution in [2.75, 3.05) is 25.1 Å². The Bertz CT molecular complexity index is 925. The molecular formula is C23H29N3O4S. The van der Waals surface area contributed by atoms with Crippen LogP contribution in [0.3, 0.4) is 0 Å². The van der Waals surface area contributed by atoms with E-state index in [9.17, 15) is 9.59 Å². The molecule has 7 nitrogen and oxygen atoms in total. The lowest BCUT2D eigenvalue weighted by Gasteiger charge is -2.21. The lowest BCUT2D eigenvalue weighted by molar-refractivity contribution is 0.0919. The zero-order valence-electron chi connectivity index (χ0n) is 18.3. The van der Waals surface area contributed by atoms with Gasteiger partial charge in [0.15, 0.2) is 5.11 Å². The Hall–Kier alpha value is -2.97. The van der Waals surface area contributed by atoms with Crippen LogP contribution in [0.15, 0.2) is 48.5 Å². The summed E-state index contributed by atoms with van der Waals surface area (Å²) in [4.78, 5) is 25.1. The summed E-state index contributed by atoms with van der Waals surface area (Å²) in [5.74, 6) is -0.0542. The van der Waals surface area contributed by atoms with Crippen molar-refractivity contribution in [3.63, 3.8) is 0 Å². The summed E-state index contributed by atoms with van der Waals surface area (Å²) in [5, 5.41) is 8.56. The van der Waals surface area contributed by atoms with Gasteiger partial charge in [-0.2, -0.15) is 0 Å². The first-order chi connectivity index (χ1) is 14.7. The molecule has 3 N–H and O–H groups in total. The summed E-state index contributed by atoms with van der Waals surface area (Å²) < 4.78 is 10.8. The fraction of sp³-hybridized carbons (Fsp3) is 0.348. The summed E-state index contributed by atoms with van der Waals surface area (Å²) in [6.45, 7) is 9.12. The third-order valence-corrected chi connectivity index (χ3v) is 4.14. The maximum Gasteiger partial charge on any atom is 0.257 e. The molecule has 0 saturated heterocycles. The highest BCUT2D eigenvalue weighted by atomic mass is 32.1. The van der Waals surface area contributed by atoms with Gasteiger partial charge < -0.3 is 20.1 Å². The molecule has 0 spiro atoms. The quantitative estimate of drug-likeness (QED) is 0.425. The first-order valence-corrected chi connectivity index (χ1v) is 10.4.